The Labute approximate surface area is 148 Å². The number of rotatable bonds is 7. The lowest BCUT2D eigenvalue weighted by Gasteiger charge is -2.26. The summed E-state index contributed by atoms with van der Waals surface area (Å²) in [6, 6.07) is 12.6. The molecule has 0 saturated heterocycles. The van der Waals surface area contributed by atoms with E-state index in [0.717, 1.165) is 5.56 Å². The monoisotopic (exact) mass is 349 g/mol. The van der Waals surface area contributed by atoms with Crippen LogP contribution in [0.15, 0.2) is 42.5 Å². The largest absolute Gasteiger partial charge is 0.493 e. The van der Waals surface area contributed by atoms with Crippen molar-refractivity contribution in [1.29, 1.82) is 0 Å². The van der Waals surface area contributed by atoms with E-state index in [-0.39, 0.29) is 5.92 Å². The van der Waals surface area contributed by atoms with E-state index in [0.29, 0.717) is 28.5 Å². The van der Waals surface area contributed by atoms with E-state index in [2.05, 4.69) is 0 Å². The van der Waals surface area contributed by atoms with Gasteiger partial charge in [-0.1, -0.05) is 42.8 Å². The highest BCUT2D eigenvalue weighted by atomic mass is 35.5. The molecule has 2 aromatic rings. The number of aliphatic hydroxyl groups excluding tert-OH is 1. The molecule has 5 heteroatoms. The molecule has 0 bridgehead atoms. The van der Waals surface area contributed by atoms with Gasteiger partial charge in [0.05, 0.1) is 20.3 Å². The lowest BCUT2D eigenvalue weighted by Crippen LogP contribution is -2.36. The zero-order valence-corrected chi connectivity index (χ0v) is 15.0. The van der Waals surface area contributed by atoms with E-state index in [9.17, 15) is 5.11 Å². The molecular weight excluding hydrogens is 326 g/mol. The van der Waals surface area contributed by atoms with Crippen LogP contribution in [0.1, 0.15) is 24.2 Å². The molecule has 0 heterocycles. The van der Waals surface area contributed by atoms with Gasteiger partial charge in [0, 0.05) is 16.6 Å². The van der Waals surface area contributed by atoms with E-state index in [1.54, 1.807) is 26.4 Å². The van der Waals surface area contributed by atoms with Crippen LogP contribution in [0.25, 0.3) is 0 Å². The van der Waals surface area contributed by atoms with Gasteiger partial charge in [0.1, 0.15) is 0 Å². The molecule has 0 spiro atoms. The summed E-state index contributed by atoms with van der Waals surface area (Å²) in [5.74, 6) is 1.42. The van der Waals surface area contributed by atoms with Gasteiger partial charge in [0.15, 0.2) is 11.5 Å². The molecule has 2 aromatic carbocycles. The molecule has 0 radical (unpaired) electrons. The zero-order chi connectivity index (χ0) is 17.7. The first-order valence-corrected chi connectivity index (χ1v) is 8.24. The third-order valence-electron chi connectivity index (χ3n) is 4.25. The normalized spacial score (nSPS) is 14.8. The van der Waals surface area contributed by atoms with E-state index in [4.69, 9.17) is 26.8 Å². The quantitative estimate of drug-likeness (QED) is 0.801. The summed E-state index contributed by atoms with van der Waals surface area (Å²) in [5.41, 5.74) is 8.00. The second-order valence-electron chi connectivity index (χ2n) is 5.91. The molecule has 0 aliphatic heterocycles. The Bertz CT molecular complexity index is 677. The predicted octanol–water partition coefficient (Wildman–Crippen LogP) is 3.60. The van der Waals surface area contributed by atoms with Gasteiger partial charge in [-0.3, -0.25) is 0 Å². The minimum absolute atomic E-state index is 0.0503. The Morgan fingerprint density at radius 1 is 1.08 bits per heavy atom. The smallest absolute Gasteiger partial charge is 0.160 e. The van der Waals surface area contributed by atoms with Gasteiger partial charge >= 0.3 is 0 Å². The first-order chi connectivity index (χ1) is 11.5. The Morgan fingerprint density at radius 2 is 1.75 bits per heavy atom. The number of benzene rings is 2. The van der Waals surface area contributed by atoms with Crippen LogP contribution in [0, 0.1) is 5.92 Å². The van der Waals surface area contributed by atoms with Crippen molar-refractivity contribution >= 4 is 11.6 Å². The van der Waals surface area contributed by atoms with Crippen LogP contribution in [0.3, 0.4) is 0 Å². The predicted molar refractivity (Wildman–Crippen MR) is 96.8 cm³/mol. The van der Waals surface area contributed by atoms with Crippen molar-refractivity contribution in [2.45, 2.75) is 25.5 Å². The maximum Gasteiger partial charge on any atom is 0.160 e. The van der Waals surface area contributed by atoms with Crippen LogP contribution in [-0.4, -0.2) is 25.4 Å². The summed E-state index contributed by atoms with van der Waals surface area (Å²) in [4.78, 5) is 0. The topological polar surface area (TPSA) is 64.7 Å². The zero-order valence-electron chi connectivity index (χ0n) is 14.2. The molecule has 1 unspecified atom stereocenters. The lowest BCUT2D eigenvalue weighted by molar-refractivity contribution is 0.121. The Kier molecular flexibility index (Phi) is 6.49. The average molecular weight is 350 g/mol. The summed E-state index contributed by atoms with van der Waals surface area (Å²) >= 11 is 6.16. The maximum atomic E-state index is 10.5. The van der Waals surface area contributed by atoms with E-state index >= 15 is 0 Å². The molecule has 0 fully saturated rings. The maximum absolute atomic E-state index is 10.5. The third-order valence-corrected chi connectivity index (χ3v) is 4.60. The van der Waals surface area contributed by atoms with Gasteiger partial charge in [-0.05, 0) is 36.1 Å². The van der Waals surface area contributed by atoms with Crippen molar-refractivity contribution in [3.8, 4) is 11.5 Å². The minimum atomic E-state index is -0.811. The second kappa shape index (κ2) is 8.38. The molecule has 0 amide bonds. The molecule has 0 aliphatic carbocycles. The summed E-state index contributed by atoms with van der Waals surface area (Å²) in [7, 11) is 3.22. The van der Waals surface area contributed by atoms with Crippen LogP contribution in [0.2, 0.25) is 5.02 Å². The van der Waals surface area contributed by atoms with Gasteiger partial charge in [-0.2, -0.15) is 0 Å². The lowest BCUT2D eigenvalue weighted by atomic mass is 9.88. The SMILES string of the molecule is COc1ccc(CC(C)[C@@H](N)[C@H](O)c2ccccc2Cl)cc1OC. The summed E-state index contributed by atoms with van der Waals surface area (Å²) < 4.78 is 10.6. The molecule has 4 nitrogen and oxygen atoms in total. The summed E-state index contributed by atoms with van der Waals surface area (Å²) in [6.07, 6.45) is -0.0999. The van der Waals surface area contributed by atoms with E-state index in [1.165, 1.54) is 0 Å². The van der Waals surface area contributed by atoms with Crippen LogP contribution in [0.5, 0.6) is 11.5 Å². The third kappa shape index (κ3) is 4.20. The number of aliphatic hydroxyl groups is 1. The minimum Gasteiger partial charge on any atom is -0.493 e. The fourth-order valence-corrected chi connectivity index (χ4v) is 3.00. The molecule has 3 N–H and O–H groups in total. The highest BCUT2D eigenvalue weighted by Crippen LogP contribution is 2.31. The van der Waals surface area contributed by atoms with Crippen LogP contribution >= 0.6 is 11.6 Å². The highest BCUT2D eigenvalue weighted by Gasteiger charge is 2.24. The van der Waals surface area contributed by atoms with Crippen molar-refractivity contribution in [2.75, 3.05) is 14.2 Å². The molecule has 0 aliphatic rings. The Hall–Kier alpha value is -1.75. The van der Waals surface area contributed by atoms with Gasteiger partial charge in [0.2, 0.25) is 0 Å². The van der Waals surface area contributed by atoms with Gasteiger partial charge in [0.25, 0.3) is 0 Å². The van der Waals surface area contributed by atoms with Crippen LogP contribution in [0.4, 0.5) is 0 Å². The molecule has 3 atom stereocenters. The number of hydrogen-bond donors (Lipinski definition) is 2. The van der Waals surface area contributed by atoms with Crippen LogP contribution in [-0.2, 0) is 6.42 Å². The van der Waals surface area contributed by atoms with E-state index in [1.807, 2.05) is 37.3 Å². The van der Waals surface area contributed by atoms with E-state index < -0.39 is 12.1 Å². The molecule has 0 aromatic heterocycles. The summed E-state index contributed by atoms with van der Waals surface area (Å²) in [6.45, 7) is 2.02. The van der Waals surface area contributed by atoms with Crippen LogP contribution < -0.4 is 15.2 Å². The standard InChI is InChI=1S/C19H24ClNO3/c1-12(10-13-8-9-16(23-2)17(11-13)24-3)18(21)19(22)14-6-4-5-7-15(14)20/h4-9,11-12,18-19,22H,10,21H2,1-3H3/t12?,18-,19-/m1/s1. The van der Waals surface area contributed by atoms with Gasteiger partial charge in [-0.15, -0.1) is 0 Å². The Balaban J connectivity index is 2.11. The number of methoxy groups -OCH3 is 2. The first-order valence-electron chi connectivity index (χ1n) is 7.87. The second-order valence-corrected chi connectivity index (χ2v) is 6.32. The van der Waals surface area contributed by atoms with Crippen molar-refractivity contribution < 1.29 is 14.6 Å². The first kappa shape index (κ1) is 18.6. The van der Waals surface area contributed by atoms with Gasteiger partial charge < -0.3 is 20.3 Å². The number of hydrogen-bond acceptors (Lipinski definition) is 4. The molecule has 130 valence electrons. The molecular formula is C19H24ClNO3. The molecule has 24 heavy (non-hydrogen) atoms. The van der Waals surface area contributed by atoms with Crippen molar-refractivity contribution in [3.63, 3.8) is 0 Å². The fourth-order valence-electron chi connectivity index (χ4n) is 2.75. The fraction of sp³-hybridized carbons (Fsp3) is 0.368. The number of nitrogens with two attached hydrogens (primary N) is 1. The average Bonchev–Trinajstić information content (AvgIpc) is 2.60. The highest BCUT2D eigenvalue weighted by molar-refractivity contribution is 6.31. The molecule has 0 saturated carbocycles. The van der Waals surface area contributed by atoms with Crippen molar-refractivity contribution in [2.24, 2.45) is 11.7 Å². The summed E-state index contributed by atoms with van der Waals surface area (Å²) in [5, 5.41) is 11.1. The number of halogens is 1. The van der Waals surface area contributed by atoms with Crippen molar-refractivity contribution in [3.05, 3.63) is 58.6 Å². The Morgan fingerprint density at radius 3 is 2.38 bits per heavy atom. The number of ether oxygens (including phenoxy) is 2. The van der Waals surface area contributed by atoms with Gasteiger partial charge in [-0.25, -0.2) is 0 Å². The van der Waals surface area contributed by atoms with Crippen molar-refractivity contribution in [1.82, 2.24) is 0 Å². The molecule has 2 rings (SSSR count).